The zero-order valence-corrected chi connectivity index (χ0v) is 16.8. The first-order valence-corrected chi connectivity index (χ1v) is 10.2. The smallest absolute Gasteiger partial charge is 0.216 e. The zero-order valence-electron chi connectivity index (χ0n) is 16.8. The molecule has 4 aromatic rings. The van der Waals surface area contributed by atoms with E-state index in [9.17, 15) is 4.79 Å². The number of amides is 1. The number of aromatic amines is 1. The fraction of sp³-hybridized carbons (Fsp3) is 0.292. The van der Waals surface area contributed by atoms with Crippen molar-refractivity contribution in [1.82, 2.24) is 14.9 Å². The lowest BCUT2D eigenvalue weighted by Crippen LogP contribution is -2.22. The molecular weight excluding hydrogens is 362 g/mol. The number of fused-ring (bicyclic) bond motifs is 4. The monoisotopic (exact) mass is 387 g/mol. The van der Waals surface area contributed by atoms with Crippen molar-refractivity contribution >= 4 is 27.7 Å². The molecule has 0 radical (unpaired) electrons. The highest BCUT2D eigenvalue weighted by molar-refractivity contribution is 5.89. The van der Waals surface area contributed by atoms with E-state index < -0.39 is 0 Å². The van der Waals surface area contributed by atoms with Crippen LogP contribution in [0.2, 0.25) is 0 Å². The van der Waals surface area contributed by atoms with E-state index in [0.717, 1.165) is 25.1 Å². The lowest BCUT2D eigenvalue weighted by Gasteiger charge is -2.13. The molecule has 5 nitrogen and oxygen atoms in total. The van der Waals surface area contributed by atoms with Gasteiger partial charge in [-0.25, -0.2) is 0 Å². The number of hydrogen-bond donors (Lipinski definition) is 2. The molecule has 0 spiro atoms. The SMILES string of the molecule is COc1ccc2c(c1)c(CCNC(C)=O)c1n2CCC1c1c[nH]c2ccccc12. The number of ether oxygens (including phenoxy) is 1. The molecular formula is C24H25N3O2. The summed E-state index contributed by atoms with van der Waals surface area (Å²) in [5, 5.41) is 5.49. The summed E-state index contributed by atoms with van der Waals surface area (Å²) >= 11 is 0. The molecule has 2 N–H and O–H groups in total. The van der Waals surface area contributed by atoms with Gasteiger partial charge in [-0.15, -0.1) is 0 Å². The van der Waals surface area contributed by atoms with E-state index in [1.54, 1.807) is 14.0 Å². The maximum atomic E-state index is 11.4. The molecule has 1 atom stereocenters. The third kappa shape index (κ3) is 2.89. The van der Waals surface area contributed by atoms with Crippen LogP contribution in [-0.4, -0.2) is 29.1 Å². The second-order valence-electron chi connectivity index (χ2n) is 7.76. The highest BCUT2D eigenvalue weighted by Crippen LogP contribution is 2.44. The predicted octanol–water partition coefficient (Wildman–Crippen LogP) is 4.35. The van der Waals surface area contributed by atoms with E-state index in [1.165, 1.54) is 38.6 Å². The topological polar surface area (TPSA) is 59.0 Å². The largest absolute Gasteiger partial charge is 0.497 e. The van der Waals surface area contributed by atoms with Crippen molar-refractivity contribution < 1.29 is 9.53 Å². The summed E-state index contributed by atoms with van der Waals surface area (Å²) in [6.45, 7) is 3.21. The Morgan fingerprint density at radius 3 is 2.93 bits per heavy atom. The van der Waals surface area contributed by atoms with Crippen molar-refractivity contribution in [3.8, 4) is 5.75 Å². The quantitative estimate of drug-likeness (QED) is 0.535. The van der Waals surface area contributed by atoms with Gasteiger partial charge in [-0.2, -0.15) is 0 Å². The molecule has 29 heavy (non-hydrogen) atoms. The Morgan fingerprint density at radius 1 is 1.24 bits per heavy atom. The maximum absolute atomic E-state index is 11.4. The van der Waals surface area contributed by atoms with Crippen molar-refractivity contribution in [3.63, 3.8) is 0 Å². The Hall–Kier alpha value is -3.21. The van der Waals surface area contributed by atoms with E-state index in [0.29, 0.717) is 12.5 Å². The van der Waals surface area contributed by atoms with Crippen LogP contribution in [-0.2, 0) is 17.8 Å². The van der Waals surface area contributed by atoms with Crippen LogP contribution in [0.4, 0.5) is 0 Å². The molecule has 1 aliphatic heterocycles. The minimum atomic E-state index is 0.0101. The van der Waals surface area contributed by atoms with Crippen molar-refractivity contribution in [2.75, 3.05) is 13.7 Å². The normalized spacial score (nSPS) is 15.7. The Kier molecular flexibility index (Phi) is 4.31. The molecule has 1 unspecified atom stereocenters. The molecule has 2 aromatic carbocycles. The molecule has 5 rings (SSSR count). The van der Waals surface area contributed by atoms with Crippen LogP contribution in [0.5, 0.6) is 5.75 Å². The lowest BCUT2D eigenvalue weighted by atomic mass is 9.90. The summed E-state index contributed by atoms with van der Waals surface area (Å²) < 4.78 is 7.96. The summed E-state index contributed by atoms with van der Waals surface area (Å²) in [6.07, 6.45) is 4.07. The molecule has 0 saturated carbocycles. The average Bonchev–Trinajstić information content (AvgIpc) is 3.41. The van der Waals surface area contributed by atoms with Gasteiger partial charge in [0, 0.05) is 59.6 Å². The van der Waals surface area contributed by atoms with Gasteiger partial charge < -0.3 is 19.6 Å². The van der Waals surface area contributed by atoms with Crippen molar-refractivity contribution in [2.24, 2.45) is 0 Å². The van der Waals surface area contributed by atoms with E-state index in [2.05, 4.69) is 57.5 Å². The number of nitrogens with one attached hydrogen (secondary N) is 2. The van der Waals surface area contributed by atoms with Crippen LogP contribution < -0.4 is 10.1 Å². The van der Waals surface area contributed by atoms with Gasteiger partial charge in [-0.05, 0) is 48.2 Å². The number of benzene rings is 2. The molecule has 0 aliphatic carbocycles. The lowest BCUT2D eigenvalue weighted by molar-refractivity contribution is -0.118. The van der Waals surface area contributed by atoms with Crippen LogP contribution >= 0.6 is 0 Å². The number of aryl methyl sites for hydroxylation is 1. The molecule has 0 fully saturated rings. The van der Waals surface area contributed by atoms with Crippen molar-refractivity contribution in [1.29, 1.82) is 0 Å². The first-order chi connectivity index (χ1) is 14.2. The van der Waals surface area contributed by atoms with Crippen molar-refractivity contribution in [3.05, 3.63) is 65.5 Å². The van der Waals surface area contributed by atoms with Gasteiger partial charge >= 0.3 is 0 Å². The van der Waals surface area contributed by atoms with E-state index in [-0.39, 0.29) is 5.91 Å². The summed E-state index contributed by atoms with van der Waals surface area (Å²) in [7, 11) is 1.71. The van der Waals surface area contributed by atoms with E-state index in [1.807, 2.05) is 6.07 Å². The van der Waals surface area contributed by atoms with Gasteiger partial charge in [0.1, 0.15) is 5.75 Å². The molecule has 3 heterocycles. The Morgan fingerprint density at radius 2 is 2.10 bits per heavy atom. The number of carbonyl (C=O) groups is 1. The van der Waals surface area contributed by atoms with Gasteiger partial charge in [0.25, 0.3) is 0 Å². The van der Waals surface area contributed by atoms with E-state index >= 15 is 0 Å². The predicted molar refractivity (Wildman–Crippen MR) is 116 cm³/mol. The number of H-pyrrole nitrogens is 1. The molecule has 2 aromatic heterocycles. The van der Waals surface area contributed by atoms with Crippen molar-refractivity contribution in [2.45, 2.75) is 32.2 Å². The van der Waals surface area contributed by atoms with Crippen LogP contribution in [0.1, 0.15) is 36.1 Å². The number of aromatic nitrogens is 2. The van der Waals surface area contributed by atoms with Gasteiger partial charge in [0.05, 0.1) is 7.11 Å². The van der Waals surface area contributed by atoms with Gasteiger partial charge in [0.15, 0.2) is 0 Å². The summed E-state index contributed by atoms with van der Waals surface area (Å²) in [5.41, 5.74) is 6.48. The second-order valence-corrected chi connectivity index (χ2v) is 7.76. The standard InChI is InChI=1S/C24H25N3O2/c1-15(28)25-11-9-18-20-13-16(29-2)7-8-23(20)27-12-10-19(24(18)27)21-14-26-22-6-4-3-5-17(21)22/h3-8,13-14,19,26H,9-12H2,1-2H3,(H,25,28). The number of carbonyl (C=O) groups excluding carboxylic acids is 1. The molecule has 1 amide bonds. The molecule has 148 valence electrons. The van der Waals surface area contributed by atoms with Crippen LogP contribution in [0.25, 0.3) is 21.8 Å². The number of hydrogen-bond acceptors (Lipinski definition) is 2. The Balaban J connectivity index is 1.67. The fourth-order valence-corrected chi connectivity index (χ4v) is 4.90. The molecule has 0 bridgehead atoms. The first-order valence-electron chi connectivity index (χ1n) is 10.2. The maximum Gasteiger partial charge on any atom is 0.216 e. The third-order valence-electron chi connectivity index (χ3n) is 6.14. The number of nitrogens with zero attached hydrogens (tertiary/aromatic N) is 1. The summed E-state index contributed by atoms with van der Waals surface area (Å²) in [5.74, 6) is 1.22. The van der Waals surface area contributed by atoms with Crippen LogP contribution in [0.15, 0.2) is 48.7 Å². The minimum Gasteiger partial charge on any atom is -0.497 e. The number of rotatable bonds is 5. The van der Waals surface area contributed by atoms with Gasteiger partial charge in [-0.1, -0.05) is 18.2 Å². The third-order valence-corrected chi connectivity index (χ3v) is 6.14. The fourth-order valence-electron chi connectivity index (χ4n) is 4.90. The minimum absolute atomic E-state index is 0.0101. The van der Waals surface area contributed by atoms with Crippen LogP contribution in [0.3, 0.4) is 0 Å². The molecule has 0 saturated heterocycles. The number of para-hydroxylation sites is 1. The number of methoxy groups -OCH3 is 1. The highest BCUT2D eigenvalue weighted by Gasteiger charge is 2.31. The Labute approximate surface area is 169 Å². The molecule has 5 heteroatoms. The summed E-state index contributed by atoms with van der Waals surface area (Å²) in [6, 6.07) is 14.8. The summed E-state index contributed by atoms with van der Waals surface area (Å²) in [4.78, 5) is 14.9. The molecule has 1 aliphatic rings. The van der Waals surface area contributed by atoms with Gasteiger partial charge in [-0.3, -0.25) is 4.79 Å². The second kappa shape index (κ2) is 6.99. The average molecular weight is 387 g/mol. The van der Waals surface area contributed by atoms with Crippen LogP contribution in [0, 0.1) is 0 Å². The Bertz CT molecular complexity index is 1220. The first kappa shape index (κ1) is 17.9. The van der Waals surface area contributed by atoms with Gasteiger partial charge in [0.2, 0.25) is 5.91 Å². The zero-order chi connectivity index (χ0) is 20.0. The highest BCUT2D eigenvalue weighted by atomic mass is 16.5. The van der Waals surface area contributed by atoms with E-state index in [4.69, 9.17) is 4.74 Å².